The van der Waals surface area contributed by atoms with Crippen LogP contribution in [-0.2, 0) is 14.3 Å². The molecule has 6 atom stereocenters. The summed E-state index contributed by atoms with van der Waals surface area (Å²) in [6, 6.07) is 0. The van der Waals surface area contributed by atoms with E-state index in [1.165, 1.54) is 5.57 Å². The first-order chi connectivity index (χ1) is 16.2. The van der Waals surface area contributed by atoms with Crippen molar-refractivity contribution in [3.05, 3.63) is 33.3 Å². The number of cyclic esters (lactones) is 1. The Labute approximate surface area is 230 Å². The van der Waals surface area contributed by atoms with E-state index in [0.29, 0.717) is 22.2 Å². The molecule has 4 nitrogen and oxygen atoms in total. The van der Waals surface area contributed by atoms with E-state index < -0.39 is 5.41 Å². The molecule has 0 amide bonds. The summed E-state index contributed by atoms with van der Waals surface area (Å²) in [5.74, 6) is 0.607. The summed E-state index contributed by atoms with van der Waals surface area (Å²) >= 11 is 4.14. The largest absolute Gasteiger partial charge is 0.457 e. The summed E-state index contributed by atoms with van der Waals surface area (Å²) in [5, 5.41) is 3.04. The highest BCUT2D eigenvalue weighted by atomic mass is 127. The van der Waals surface area contributed by atoms with Gasteiger partial charge in [-0.3, -0.25) is 9.59 Å². The first-order valence-electron chi connectivity index (χ1n) is 12.9. The van der Waals surface area contributed by atoms with Gasteiger partial charge in [0.15, 0.2) is 0 Å². The molecule has 0 fully saturated rings. The molecule has 0 spiro atoms. The fraction of sp³-hybridized carbons (Fsp3) is 0.690. The van der Waals surface area contributed by atoms with Crippen LogP contribution in [0.15, 0.2) is 22.6 Å². The second kappa shape index (κ2) is 13.0. The molecule has 1 aromatic rings. The number of hydrogen-bond acceptors (Lipinski definition) is 5. The third-order valence-electron chi connectivity index (χ3n) is 8.26. The lowest BCUT2D eigenvalue weighted by Crippen LogP contribution is -2.40. The Bertz CT molecular complexity index is 947. The van der Waals surface area contributed by atoms with Crippen molar-refractivity contribution in [1.82, 2.24) is 4.98 Å². The minimum absolute atomic E-state index is 0.0461. The second-order valence-corrected chi connectivity index (χ2v) is 13.8. The minimum atomic E-state index is -0.593. The molecule has 6 heteroatoms. The molecule has 1 aliphatic heterocycles. The average molecular weight is 614 g/mol. The minimum Gasteiger partial charge on any atom is -0.457 e. The number of allylic oxidation sites excluding steroid dienone is 1. The van der Waals surface area contributed by atoms with Crippen LogP contribution in [0.2, 0.25) is 0 Å². The van der Waals surface area contributed by atoms with E-state index >= 15 is 0 Å². The molecule has 0 N–H and O–H groups in total. The number of Topliss-reactive ketones (excluding diaryl/α,β-unsaturated/α-hetero) is 1. The normalized spacial score (nSPS) is 33.7. The Hall–Kier alpha value is -1.02. The molecule has 1 aliphatic rings. The second-order valence-electron chi connectivity index (χ2n) is 11.2. The number of carbonyl (C=O) groups excluding carboxylic acids is 2. The van der Waals surface area contributed by atoms with Crippen molar-refractivity contribution in [2.45, 2.75) is 98.0 Å². The maximum absolute atomic E-state index is 13.5. The van der Waals surface area contributed by atoms with Gasteiger partial charge in [0.25, 0.3) is 0 Å². The summed E-state index contributed by atoms with van der Waals surface area (Å²) in [7, 11) is 0. The number of esters is 1. The molecule has 0 aromatic carbocycles. The van der Waals surface area contributed by atoms with Crippen molar-refractivity contribution in [3.63, 3.8) is 0 Å². The van der Waals surface area contributed by atoms with E-state index in [-0.39, 0.29) is 36.1 Å². The number of aryl methyl sites for hydroxylation is 1. The van der Waals surface area contributed by atoms with Gasteiger partial charge >= 0.3 is 5.97 Å². The zero-order chi connectivity index (χ0) is 26.5. The molecule has 196 valence electrons. The molecule has 0 aliphatic carbocycles. The van der Waals surface area contributed by atoms with Gasteiger partial charge in [0.1, 0.15) is 11.9 Å². The maximum atomic E-state index is 13.5. The van der Waals surface area contributed by atoms with Crippen LogP contribution in [-0.4, -0.2) is 26.8 Å². The first-order valence-corrected chi connectivity index (χ1v) is 15.0. The SMILES string of the molecule is C/C1=C/C[C@@H](/C(C)=C/c2csc(C)n2)OC(=O)C[C@H](C)C(C)(C)C(=O)[C@H](C)[C@@H](C)[C@@H](C)CC[C@H]1I. The summed E-state index contributed by atoms with van der Waals surface area (Å²) in [5.41, 5.74) is 2.61. The highest BCUT2D eigenvalue weighted by Gasteiger charge is 2.40. The van der Waals surface area contributed by atoms with Crippen LogP contribution in [0.1, 0.15) is 91.8 Å². The van der Waals surface area contributed by atoms with E-state index in [1.54, 1.807) is 11.3 Å². The topological polar surface area (TPSA) is 56.3 Å². The van der Waals surface area contributed by atoms with Gasteiger partial charge in [-0.2, -0.15) is 0 Å². The molecular weight excluding hydrogens is 569 g/mol. The highest BCUT2D eigenvalue weighted by Crippen LogP contribution is 2.38. The van der Waals surface area contributed by atoms with Crippen LogP contribution >= 0.6 is 33.9 Å². The Morgan fingerprint density at radius 3 is 2.43 bits per heavy atom. The van der Waals surface area contributed by atoms with E-state index in [2.05, 4.69) is 61.3 Å². The highest BCUT2D eigenvalue weighted by molar-refractivity contribution is 14.1. The summed E-state index contributed by atoms with van der Waals surface area (Å²) < 4.78 is 6.47. The number of ketones is 1. The van der Waals surface area contributed by atoms with E-state index in [0.717, 1.165) is 29.1 Å². The Morgan fingerprint density at radius 1 is 1.17 bits per heavy atom. The Morgan fingerprint density at radius 2 is 1.83 bits per heavy atom. The summed E-state index contributed by atoms with van der Waals surface area (Å²) in [6.07, 6.45) is 6.94. The number of rotatable bonds is 2. The molecule has 0 bridgehead atoms. The predicted octanol–water partition coefficient (Wildman–Crippen LogP) is 8.23. The van der Waals surface area contributed by atoms with Crippen LogP contribution < -0.4 is 0 Å². The van der Waals surface area contributed by atoms with Crippen molar-refractivity contribution in [3.8, 4) is 0 Å². The van der Waals surface area contributed by atoms with Crippen molar-refractivity contribution >= 4 is 51.8 Å². The number of aromatic nitrogens is 1. The molecule has 0 unspecified atom stereocenters. The van der Waals surface area contributed by atoms with Crippen LogP contribution in [0, 0.1) is 36.0 Å². The lowest BCUT2D eigenvalue weighted by Gasteiger charge is -2.36. The standard InChI is InChI=1S/C29H44INO3S/c1-17-10-12-25(30)18(2)11-13-26(19(3)14-24-16-35-23(7)31-24)34-27(32)15-20(4)29(8,9)28(33)22(6)21(17)5/h11,14,16-17,20-22,25-26H,10,12-13,15H2,1-9H3/b18-11-,19-14+/t17-,20-,21-,22+,25+,26-/m0/s1. The van der Waals surface area contributed by atoms with Gasteiger partial charge < -0.3 is 4.74 Å². The van der Waals surface area contributed by atoms with Crippen LogP contribution in [0.4, 0.5) is 0 Å². The summed E-state index contributed by atoms with van der Waals surface area (Å²) in [6.45, 7) is 18.7. The molecule has 35 heavy (non-hydrogen) atoms. The zero-order valence-electron chi connectivity index (χ0n) is 23.0. The predicted molar refractivity (Wildman–Crippen MR) is 156 cm³/mol. The number of thiazole rings is 1. The van der Waals surface area contributed by atoms with Gasteiger partial charge in [-0.25, -0.2) is 4.98 Å². The monoisotopic (exact) mass is 613 g/mol. The quantitative estimate of drug-likeness (QED) is 0.146. The molecule has 2 rings (SSSR count). The number of ether oxygens (including phenoxy) is 1. The van der Waals surface area contributed by atoms with E-state index in [4.69, 9.17) is 4.74 Å². The van der Waals surface area contributed by atoms with E-state index in [1.807, 2.05) is 46.1 Å². The smallest absolute Gasteiger partial charge is 0.306 e. The number of halogens is 1. The van der Waals surface area contributed by atoms with Crippen molar-refractivity contribution in [1.29, 1.82) is 0 Å². The number of alkyl halides is 1. The fourth-order valence-electron chi connectivity index (χ4n) is 4.69. The third kappa shape index (κ3) is 8.24. The first kappa shape index (κ1) is 30.2. The van der Waals surface area contributed by atoms with Gasteiger partial charge in [-0.1, -0.05) is 75.8 Å². The van der Waals surface area contributed by atoms with Crippen molar-refractivity contribution in [2.24, 2.45) is 29.1 Å². The summed E-state index contributed by atoms with van der Waals surface area (Å²) in [4.78, 5) is 31.2. The van der Waals surface area contributed by atoms with Crippen LogP contribution in [0.3, 0.4) is 0 Å². The van der Waals surface area contributed by atoms with Crippen LogP contribution in [0.5, 0.6) is 0 Å². The maximum Gasteiger partial charge on any atom is 0.306 e. The van der Waals surface area contributed by atoms with Gasteiger partial charge in [-0.05, 0) is 63.0 Å². The van der Waals surface area contributed by atoms with Gasteiger partial charge in [0, 0.05) is 33.5 Å². The lowest BCUT2D eigenvalue weighted by molar-refractivity contribution is -0.150. The average Bonchev–Trinajstić information content (AvgIpc) is 3.21. The van der Waals surface area contributed by atoms with Gasteiger partial charge in [0.05, 0.1) is 10.7 Å². The lowest BCUT2D eigenvalue weighted by atomic mass is 9.67. The molecule has 0 saturated carbocycles. The Balaban J connectivity index is 2.38. The van der Waals surface area contributed by atoms with Gasteiger partial charge in [0.2, 0.25) is 0 Å². The molecular formula is C29H44INO3S. The van der Waals surface area contributed by atoms with E-state index in [9.17, 15) is 9.59 Å². The molecule has 2 heterocycles. The molecule has 1 aromatic heterocycles. The van der Waals surface area contributed by atoms with Crippen molar-refractivity contribution < 1.29 is 14.3 Å². The molecule has 0 saturated heterocycles. The zero-order valence-corrected chi connectivity index (χ0v) is 26.0. The molecule has 0 radical (unpaired) electrons. The number of hydrogen-bond donors (Lipinski definition) is 0. The Kier molecular flexibility index (Phi) is 11.2. The van der Waals surface area contributed by atoms with Crippen molar-refractivity contribution in [2.75, 3.05) is 0 Å². The number of carbonyl (C=O) groups is 2. The third-order valence-corrected chi connectivity index (χ3v) is 10.7. The number of nitrogens with zero attached hydrogens (tertiary/aromatic N) is 1. The van der Waals surface area contributed by atoms with Gasteiger partial charge in [-0.15, -0.1) is 11.3 Å². The fourth-order valence-corrected chi connectivity index (χ4v) is 5.88. The van der Waals surface area contributed by atoms with Crippen LogP contribution in [0.25, 0.3) is 6.08 Å².